The third-order valence-electron chi connectivity index (χ3n) is 4.95. The summed E-state index contributed by atoms with van der Waals surface area (Å²) in [6.07, 6.45) is 2.56. The van der Waals surface area contributed by atoms with Crippen molar-refractivity contribution in [1.82, 2.24) is 0 Å². The number of hydrogen-bond donors (Lipinski definition) is 0. The van der Waals surface area contributed by atoms with E-state index in [1.165, 1.54) is 12.8 Å². The molecule has 0 aliphatic carbocycles. The Hall–Kier alpha value is 0. The molecule has 0 amide bonds. The normalized spacial score (nSPS) is 10.7. The highest BCUT2D eigenvalue weighted by molar-refractivity contribution is 4.69. The molecule has 19 heavy (non-hydrogen) atoms. The van der Waals surface area contributed by atoms with Gasteiger partial charge in [-0.05, 0) is 22.7 Å². The van der Waals surface area contributed by atoms with Crippen molar-refractivity contribution in [1.29, 1.82) is 0 Å². The first-order chi connectivity index (χ1) is 7.01. The lowest BCUT2D eigenvalue weighted by Crippen LogP contribution is -2.17. The van der Waals surface area contributed by atoms with Gasteiger partial charge in [0.2, 0.25) is 0 Å². The maximum atomic E-state index is 2.32. The highest BCUT2D eigenvalue weighted by Gasteiger charge is 2.19. The first-order valence-corrected chi connectivity index (χ1v) is 7.01. The quantitative estimate of drug-likeness (QED) is 0.487. The van der Waals surface area contributed by atoms with Crippen molar-refractivity contribution in [2.24, 2.45) is 22.7 Å². The van der Waals surface area contributed by atoms with Crippen LogP contribution in [-0.4, -0.2) is 0 Å². The summed E-state index contributed by atoms with van der Waals surface area (Å²) >= 11 is 0. The van der Waals surface area contributed by atoms with Crippen molar-refractivity contribution >= 4 is 0 Å². The van der Waals surface area contributed by atoms with Crippen molar-refractivity contribution in [3.8, 4) is 0 Å². The topological polar surface area (TPSA) is 0 Å². The summed E-state index contributed by atoms with van der Waals surface area (Å²) in [6, 6.07) is 0. The summed E-state index contributed by atoms with van der Waals surface area (Å²) < 4.78 is 0. The van der Waals surface area contributed by atoms with Gasteiger partial charge in [0.25, 0.3) is 0 Å². The Morgan fingerprint density at radius 2 is 0.737 bits per heavy atom. The summed E-state index contributed by atoms with van der Waals surface area (Å²) in [7, 11) is 0. The minimum atomic E-state index is 0. The summed E-state index contributed by atoms with van der Waals surface area (Å²) in [6.45, 7) is 22.9. The van der Waals surface area contributed by atoms with Crippen LogP contribution >= 0.6 is 0 Å². The molecule has 124 valence electrons. The molecule has 0 rings (SSSR count). The molecule has 0 aromatic rings. The van der Waals surface area contributed by atoms with E-state index >= 15 is 0 Å². The van der Waals surface area contributed by atoms with Crippen molar-refractivity contribution in [3.63, 3.8) is 0 Å². The van der Waals surface area contributed by atoms with E-state index in [4.69, 9.17) is 0 Å². The fourth-order valence-electron chi connectivity index (χ4n) is 0.816. The Labute approximate surface area is 127 Å². The van der Waals surface area contributed by atoms with Gasteiger partial charge in [0, 0.05) is 0 Å². The molecule has 0 saturated heterocycles. The van der Waals surface area contributed by atoms with Gasteiger partial charge >= 0.3 is 0 Å². The SMILES string of the molecule is C.C.C.CCC(C)(C)C(C)C.CCC(C)(C)C(C)C. The van der Waals surface area contributed by atoms with Crippen LogP contribution in [0.4, 0.5) is 0 Å². The average molecular weight is 277 g/mol. The molecule has 0 unspecified atom stereocenters. The number of rotatable bonds is 4. The van der Waals surface area contributed by atoms with Gasteiger partial charge in [0.05, 0.1) is 0 Å². The number of hydrogen-bond acceptors (Lipinski definition) is 0. The summed E-state index contributed by atoms with van der Waals surface area (Å²) in [5.74, 6) is 1.62. The lowest BCUT2D eigenvalue weighted by molar-refractivity contribution is 0.240. The summed E-state index contributed by atoms with van der Waals surface area (Å²) in [5, 5.41) is 0. The standard InChI is InChI=1S/2C8H18.3CH4/c2*1-6-8(4,5)7(2)3;;;/h2*7H,6H2,1-5H3;3*1H4. The minimum Gasteiger partial charge on any atom is -0.0776 e. The van der Waals surface area contributed by atoms with E-state index in [2.05, 4.69) is 69.2 Å². The molecule has 0 heteroatoms. The molecule has 0 heterocycles. The molecule has 0 aromatic heterocycles. The lowest BCUT2D eigenvalue weighted by atomic mass is 9.79. The molecule has 0 aliphatic rings. The fraction of sp³-hybridized carbons (Fsp3) is 1.00. The molecule has 0 nitrogen and oxygen atoms in total. The van der Waals surface area contributed by atoms with Gasteiger partial charge < -0.3 is 0 Å². The Bertz CT molecular complexity index is 141. The summed E-state index contributed by atoms with van der Waals surface area (Å²) in [5.41, 5.74) is 1.08. The second-order valence-corrected chi connectivity index (χ2v) is 6.99. The Morgan fingerprint density at radius 1 is 0.579 bits per heavy atom. The molecule has 0 bridgehead atoms. The predicted octanol–water partition coefficient (Wildman–Crippen LogP) is 8.07. The van der Waals surface area contributed by atoms with E-state index < -0.39 is 0 Å². The lowest BCUT2D eigenvalue weighted by Gasteiger charge is -2.27. The van der Waals surface area contributed by atoms with Crippen LogP contribution in [0.2, 0.25) is 0 Å². The van der Waals surface area contributed by atoms with Crippen LogP contribution < -0.4 is 0 Å². The van der Waals surface area contributed by atoms with Crippen molar-refractivity contribution < 1.29 is 0 Å². The van der Waals surface area contributed by atoms with Crippen molar-refractivity contribution in [2.45, 2.75) is 104 Å². The van der Waals surface area contributed by atoms with Gasteiger partial charge in [0.15, 0.2) is 0 Å². The monoisotopic (exact) mass is 276 g/mol. The first-order valence-electron chi connectivity index (χ1n) is 7.01. The van der Waals surface area contributed by atoms with Crippen LogP contribution in [0.25, 0.3) is 0 Å². The van der Waals surface area contributed by atoms with E-state index in [1.807, 2.05) is 0 Å². The highest BCUT2D eigenvalue weighted by Crippen LogP contribution is 2.29. The van der Waals surface area contributed by atoms with Crippen molar-refractivity contribution in [3.05, 3.63) is 0 Å². The van der Waals surface area contributed by atoms with Crippen LogP contribution in [0, 0.1) is 22.7 Å². The molecular weight excluding hydrogens is 228 g/mol. The molecule has 0 spiro atoms. The van der Waals surface area contributed by atoms with Gasteiger partial charge in [0.1, 0.15) is 0 Å². The highest BCUT2D eigenvalue weighted by atomic mass is 14.2. The van der Waals surface area contributed by atoms with Gasteiger partial charge in [-0.3, -0.25) is 0 Å². The smallest absolute Gasteiger partial charge is 0.0334 e. The maximum Gasteiger partial charge on any atom is -0.0334 e. The zero-order valence-electron chi connectivity index (χ0n) is 13.6. The molecule has 0 atom stereocenters. The van der Waals surface area contributed by atoms with Crippen LogP contribution in [-0.2, 0) is 0 Å². The van der Waals surface area contributed by atoms with Crippen LogP contribution in [0.5, 0.6) is 0 Å². The second kappa shape index (κ2) is 13.0. The first kappa shape index (κ1) is 31.4. The van der Waals surface area contributed by atoms with E-state index in [0.29, 0.717) is 10.8 Å². The molecule has 0 aliphatic heterocycles. The molecule has 0 radical (unpaired) electrons. The Kier molecular flexibility index (Phi) is 21.5. The largest absolute Gasteiger partial charge is 0.0776 e. The van der Waals surface area contributed by atoms with Gasteiger partial charge in [-0.15, -0.1) is 0 Å². The molecule has 0 aromatic carbocycles. The van der Waals surface area contributed by atoms with Crippen LogP contribution in [0.1, 0.15) is 104 Å². The summed E-state index contributed by atoms with van der Waals surface area (Å²) in [4.78, 5) is 0. The van der Waals surface area contributed by atoms with Crippen LogP contribution in [0.15, 0.2) is 0 Å². The third-order valence-corrected chi connectivity index (χ3v) is 4.95. The van der Waals surface area contributed by atoms with E-state index in [0.717, 1.165) is 11.8 Å². The van der Waals surface area contributed by atoms with E-state index in [-0.39, 0.29) is 22.3 Å². The van der Waals surface area contributed by atoms with Gasteiger partial charge in [-0.2, -0.15) is 0 Å². The minimum absolute atomic E-state index is 0. The Balaban J connectivity index is -0.0000000594. The molecular formula is C19H48. The second-order valence-electron chi connectivity index (χ2n) is 6.99. The molecule has 0 saturated carbocycles. The zero-order valence-corrected chi connectivity index (χ0v) is 13.6. The molecule has 0 fully saturated rings. The van der Waals surface area contributed by atoms with E-state index in [9.17, 15) is 0 Å². The molecule has 0 N–H and O–H groups in total. The van der Waals surface area contributed by atoms with Crippen LogP contribution in [0.3, 0.4) is 0 Å². The average Bonchev–Trinajstić information content (AvgIpc) is 2.18. The Morgan fingerprint density at radius 3 is 0.737 bits per heavy atom. The van der Waals surface area contributed by atoms with E-state index in [1.54, 1.807) is 0 Å². The predicted molar refractivity (Wildman–Crippen MR) is 98.0 cm³/mol. The fourth-order valence-corrected chi connectivity index (χ4v) is 0.816. The van der Waals surface area contributed by atoms with Gasteiger partial charge in [-0.1, -0.05) is 104 Å². The zero-order chi connectivity index (χ0) is 13.6. The third kappa shape index (κ3) is 14.2. The maximum absolute atomic E-state index is 2.32. The van der Waals surface area contributed by atoms with Crippen molar-refractivity contribution in [2.75, 3.05) is 0 Å². The van der Waals surface area contributed by atoms with Gasteiger partial charge in [-0.25, -0.2) is 0 Å².